The average molecular weight is 463 g/mol. The molecule has 0 unspecified atom stereocenters. The lowest BCUT2D eigenvalue weighted by Gasteiger charge is -2.11. The van der Waals surface area contributed by atoms with Gasteiger partial charge in [0.1, 0.15) is 5.82 Å². The lowest BCUT2D eigenvalue weighted by atomic mass is 10.1. The highest BCUT2D eigenvalue weighted by Gasteiger charge is 2.30. The molecule has 0 spiro atoms. The second-order valence-electron chi connectivity index (χ2n) is 6.76. The van der Waals surface area contributed by atoms with Crippen LogP contribution in [0.2, 0.25) is 0 Å². The molecular weight excluding hydrogens is 443 g/mol. The van der Waals surface area contributed by atoms with E-state index in [0.717, 1.165) is 24.4 Å². The zero-order valence-electron chi connectivity index (χ0n) is 17.2. The molecule has 0 saturated heterocycles. The highest BCUT2D eigenvalue weighted by atomic mass is 32.2. The summed E-state index contributed by atoms with van der Waals surface area (Å²) in [5, 5.41) is 13.8. The summed E-state index contributed by atoms with van der Waals surface area (Å²) in [5.41, 5.74) is -0.262. The zero-order chi connectivity index (χ0) is 23.3. The van der Waals surface area contributed by atoms with Crippen molar-refractivity contribution in [3.63, 3.8) is 0 Å². The number of aromatic nitrogens is 3. The quantitative estimate of drug-likeness (QED) is 0.508. The lowest BCUT2D eigenvalue weighted by Crippen LogP contribution is -2.16. The van der Waals surface area contributed by atoms with Crippen molar-refractivity contribution in [2.45, 2.75) is 24.7 Å². The van der Waals surface area contributed by atoms with Crippen LogP contribution in [0.15, 0.2) is 53.7 Å². The van der Waals surface area contributed by atoms with Crippen LogP contribution in [0.25, 0.3) is 0 Å². The van der Waals surface area contributed by atoms with Crippen LogP contribution >= 0.6 is 11.8 Å². The van der Waals surface area contributed by atoms with E-state index in [-0.39, 0.29) is 22.9 Å². The molecule has 0 saturated carbocycles. The van der Waals surface area contributed by atoms with E-state index in [1.807, 2.05) is 18.5 Å². The Morgan fingerprint density at radius 3 is 2.38 bits per heavy atom. The van der Waals surface area contributed by atoms with Gasteiger partial charge in [0, 0.05) is 30.4 Å². The molecule has 2 N–H and O–H groups in total. The van der Waals surface area contributed by atoms with E-state index in [2.05, 4.69) is 20.8 Å². The van der Waals surface area contributed by atoms with Crippen LogP contribution in [0.1, 0.15) is 28.7 Å². The minimum absolute atomic E-state index is 0.0192. The van der Waals surface area contributed by atoms with Crippen molar-refractivity contribution in [2.75, 3.05) is 16.4 Å². The number of thioether (sulfide) groups is 1. The molecule has 11 heteroatoms. The summed E-state index contributed by atoms with van der Waals surface area (Å²) in [6, 6.07) is 10.5. The first-order chi connectivity index (χ1) is 15.2. The molecule has 2 aromatic carbocycles. The Morgan fingerprint density at radius 1 is 1.03 bits per heavy atom. The number of aryl methyl sites for hydroxylation is 1. The minimum atomic E-state index is -4.51. The van der Waals surface area contributed by atoms with E-state index >= 15 is 0 Å². The molecule has 3 rings (SSSR count). The molecule has 0 aliphatic carbocycles. The van der Waals surface area contributed by atoms with Gasteiger partial charge in [-0.05, 0) is 36.4 Å². The second kappa shape index (κ2) is 9.86. The largest absolute Gasteiger partial charge is 0.416 e. The van der Waals surface area contributed by atoms with Crippen LogP contribution in [0.5, 0.6) is 0 Å². The maximum Gasteiger partial charge on any atom is 0.416 e. The molecule has 1 aromatic heterocycles. The van der Waals surface area contributed by atoms with Gasteiger partial charge in [-0.1, -0.05) is 30.8 Å². The second-order valence-corrected chi connectivity index (χ2v) is 7.70. The number of rotatable bonds is 7. The topological polar surface area (TPSA) is 88.9 Å². The normalized spacial score (nSPS) is 11.3. The molecule has 7 nitrogen and oxygen atoms in total. The van der Waals surface area contributed by atoms with Gasteiger partial charge in [-0.3, -0.25) is 9.59 Å². The number of halogens is 3. The summed E-state index contributed by atoms with van der Waals surface area (Å²) < 4.78 is 40.4. The van der Waals surface area contributed by atoms with Gasteiger partial charge < -0.3 is 15.2 Å². The number of carbonyl (C=O) groups is 2. The maximum atomic E-state index is 12.9. The summed E-state index contributed by atoms with van der Waals surface area (Å²) in [6.45, 7) is 1.96. The summed E-state index contributed by atoms with van der Waals surface area (Å²) in [6.07, 6.45) is -3.78. The standard InChI is InChI=1S/C21H20F3N5O2S/c1-3-17-27-28-20(29(17)2)32-12-18(30)25-15-8-4-6-13(10-15)19(31)26-16-9-5-7-14(11-16)21(22,23)24/h4-11H,3,12H2,1-2H3,(H,25,30)(H,26,31). The number of hydrogen-bond donors (Lipinski definition) is 2. The third-order valence-electron chi connectivity index (χ3n) is 4.43. The Labute approximate surface area is 186 Å². The molecule has 0 atom stereocenters. The van der Waals surface area contributed by atoms with Gasteiger partial charge in [0.15, 0.2) is 5.16 Å². The van der Waals surface area contributed by atoms with E-state index in [4.69, 9.17) is 0 Å². The maximum absolute atomic E-state index is 12.9. The number of alkyl halides is 3. The Balaban J connectivity index is 1.61. The Hall–Kier alpha value is -3.34. The first-order valence-corrected chi connectivity index (χ1v) is 10.6. The fourth-order valence-corrected chi connectivity index (χ4v) is 3.55. The number of benzene rings is 2. The molecule has 32 heavy (non-hydrogen) atoms. The van der Waals surface area contributed by atoms with Crippen molar-refractivity contribution < 1.29 is 22.8 Å². The fourth-order valence-electron chi connectivity index (χ4n) is 2.82. The molecule has 0 fully saturated rings. The van der Waals surface area contributed by atoms with Gasteiger partial charge in [0.05, 0.1) is 11.3 Å². The predicted molar refractivity (Wildman–Crippen MR) is 116 cm³/mol. The van der Waals surface area contributed by atoms with Crippen molar-refractivity contribution in [1.82, 2.24) is 14.8 Å². The van der Waals surface area contributed by atoms with Gasteiger partial charge >= 0.3 is 6.18 Å². The number of amides is 2. The van der Waals surface area contributed by atoms with E-state index < -0.39 is 17.6 Å². The summed E-state index contributed by atoms with van der Waals surface area (Å²) in [5.74, 6) is 0.0101. The van der Waals surface area contributed by atoms with Crippen LogP contribution in [0, 0.1) is 0 Å². The van der Waals surface area contributed by atoms with Gasteiger partial charge in [0.2, 0.25) is 5.91 Å². The predicted octanol–water partition coefficient (Wildman–Crippen LogP) is 4.38. The van der Waals surface area contributed by atoms with Gasteiger partial charge in [-0.15, -0.1) is 10.2 Å². The Morgan fingerprint density at radius 2 is 1.72 bits per heavy atom. The minimum Gasteiger partial charge on any atom is -0.325 e. The van der Waals surface area contributed by atoms with Crippen LogP contribution in [0.4, 0.5) is 24.5 Å². The molecule has 2 amide bonds. The third-order valence-corrected chi connectivity index (χ3v) is 5.45. The molecule has 3 aromatic rings. The van der Waals surface area contributed by atoms with Crippen molar-refractivity contribution in [3.8, 4) is 0 Å². The highest BCUT2D eigenvalue weighted by Crippen LogP contribution is 2.30. The Kier molecular flexibility index (Phi) is 7.18. The van der Waals surface area contributed by atoms with Crippen LogP contribution < -0.4 is 10.6 Å². The number of nitrogens with zero attached hydrogens (tertiary/aromatic N) is 3. The smallest absolute Gasteiger partial charge is 0.325 e. The number of hydrogen-bond acceptors (Lipinski definition) is 5. The number of anilines is 2. The number of carbonyl (C=O) groups excluding carboxylic acids is 2. The Bertz CT molecular complexity index is 1130. The van der Waals surface area contributed by atoms with E-state index in [1.54, 1.807) is 12.1 Å². The molecule has 1 heterocycles. The molecular formula is C21H20F3N5O2S. The third kappa shape index (κ3) is 5.88. The van der Waals surface area contributed by atoms with Crippen LogP contribution in [-0.4, -0.2) is 32.3 Å². The van der Waals surface area contributed by atoms with E-state index in [9.17, 15) is 22.8 Å². The van der Waals surface area contributed by atoms with Gasteiger partial charge in [-0.25, -0.2) is 0 Å². The molecule has 0 bridgehead atoms. The monoisotopic (exact) mass is 463 g/mol. The van der Waals surface area contributed by atoms with Crippen LogP contribution in [0.3, 0.4) is 0 Å². The zero-order valence-corrected chi connectivity index (χ0v) is 18.0. The average Bonchev–Trinajstić information content (AvgIpc) is 3.11. The van der Waals surface area contributed by atoms with Crippen molar-refractivity contribution in [1.29, 1.82) is 0 Å². The van der Waals surface area contributed by atoms with Crippen LogP contribution in [-0.2, 0) is 24.4 Å². The van der Waals surface area contributed by atoms with E-state index in [1.165, 1.54) is 36.0 Å². The molecule has 168 valence electrons. The summed E-state index contributed by atoms with van der Waals surface area (Å²) >= 11 is 1.23. The molecule has 0 aliphatic rings. The number of nitrogens with one attached hydrogen (secondary N) is 2. The summed E-state index contributed by atoms with van der Waals surface area (Å²) in [4.78, 5) is 24.7. The van der Waals surface area contributed by atoms with Gasteiger partial charge in [-0.2, -0.15) is 13.2 Å². The van der Waals surface area contributed by atoms with Gasteiger partial charge in [0.25, 0.3) is 5.91 Å². The molecule has 0 radical (unpaired) electrons. The van der Waals surface area contributed by atoms with Crippen molar-refractivity contribution >= 4 is 35.0 Å². The first-order valence-electron chi connectivity index (χ1n) is 9.57. The van der Waals surface area contributed by atoms with E-state index in [0.29, 0.717) is 10.8 Å². The summed E-state index contributed by atoms with van der Waals surface area (Å²) in [7, 11) is 1.82. The SMILES string of the molecule is CCc1nnc(SCC(=O)Nc2cccc(C(=O)Nc3cccc(C(F)(F)F)c3)c2)n1C. The first kappa shape index (κ1) is 23.3. The van der Waals surface area contributed by atoms with Crippen molar-refractivity contribution in [2.24, 2.45) is 7.05 Å². The van der Waals surface area contributed by atoms with Crippen molar-refractivity contribution in [3.05, 3.63) is 65.5 Å². The fraction of sp³-hybridized carbons (Fsp3) is 0.238. The highest BCUT2D eigenvalue weighted by molar-refractivity contribution is 7.99. The molecule has 0 aliphatic heterocycles. The lowest BCUT2D eigenvalue weighted by molar-refractivity contribution is -0.137.